The van der Waals surface area contributed by atoms with Crippen LogP contribution in [0.25, 0.3) is 0 Å². The van der Waals surface area contributed by atoms with Gasteiger partial charge in [-0.2, -0.15) is 0 Å². The Bertz CT molecular complexity index is 630. The van der Waals surface area contributed by atoms with Gasteiger partial charge < -0.3 is 9.84 Å². The number of hydrogen-bond donors (Lipinski definition) is 1. The third-order valence-corrected chi connectivity index (χ3v) is 3.47. The molecule has 0 aliphatic rings. The van der Waals surface area contributed by atoms with E-state index in [1.54, 1.807) is 24.4 Å². The highest BCUT2D eigenvalue weighted by Crippen LogP contribution is 2.22. The second kappa shape index (κ2) is 7.09. The van der Waals surface area contributed by atoms with Crippen molar-refractivity contribution in [1.29, 1.82) is 0 Å². The molecule has 2 rings (SSSR count). The third kappa shape index (κ3) is 4.20. The highest BCUT2D eigenvalue weighted by molar-refractivity contribution is 6.30. The fraction of sp³-hybridized carbons (Fsp3) is 0.250. The van der Waals surface area contributed by atoms with E-state index >= 15 is 0 Å². The van der Waals surface area contributed by atoms with Gasteiger partial charge in [-0.15, -0.1) is 0 Å². The van der Waals surface area contributed by atoms with Crippen LogP contribution in [0.3, 0.4) is 0 Å². The number of aromatic nitrogens is 1. The third-order valence-electron chi connectivity index (χ3n) is 3.23. The van der Waals surface area contributed by atoms with Crippen molar-refractivity contribution in [2.45, 2.75) is 12.8 Å². The van der Waals surface area contributed by atoms with Gasteiger partial charge in [-0.1, -0.05) is 29.8 Å². The zero-order valence-corrected chi connectivity index (χ0v) is 12.4. The Hall–Kier alpha value is -2.07. The average molecular weight is 306 g/mol. The Morgan fingerprint density at radius 2 is 2.14 bits per heavy atom. The Balaban J connectivity index is 2.18. The maximum Gasteiger partial charge on any atom is 0.307 e. The number of carboxylic acid groups (broad SMARTS) is 1. The van der Waals surface area contributed by atoms with Crippen molar-refractivity contribution in [3.63, 3.8) is 0 Å². The predicted octanol–water partition coefficient (Wildman–Crippen LogP) is 3.23. The number of ether oxygens (including phenoxy) is 1. The first kappa shape index (κ1) is 15.3. The van der Waals surface area contributed by atoms with Crippen LogP contribution < -0.4 is 4.74 Å². The molecule has 0 bridgehead atoms. The Kier molecular flexibility index (Phi) is 5.17. The van der Waals surface area contributed by atoms with Gasteiger partial charge in [-0.25, -0.2) is 4.98 Å². The fourth-order valence-electron chi connectivity index (χ4n) is 2.22. The molecule has 4 nitrogen and oxygen atoms in total. The molecule has 0 fully saturated rings. The zero-order chi connectivity index (χ0) is 15.2. The lowest BCUT2D eigenvalue weighted by Crippen LogP contribution is -2.19. The van der Waals surface area contributed by atoms with Crippen LogP contribution in [0.4, 0.5) is 0 Å². The van der Waals surface area contributed by atoms with Gasteiger partial charge in [0, 0.05) is 16.8 Å². The molecule has 0 amide bonds. The van der Waals surface area contributed by atoms with Crippen LogP contribution in [-0.2, 0) is 17.6 Å². The van der Waals surface area contributed by atoms with Gasteiger partial charge in [0.2, 0.25) is 5.88 Å². The number of nitrogens with zero attached hydrogens (tertiary/aromatic N) is 1. The molecule has 110 valence electrons. The Labute approximate surface area is 128 Å². The fourth-order valence-corrected chi connectivity index (χ4v) is 2.44. The number of methoxy groups -OCH3 is 1. The van der Waals surface area contributed by atoms with Crippen molar-refractivity contribution in [1.82, 2.24) is 4.98 Å². The lowest BCUT2D eigenvalue weighted by molar-refractivity contribution is -0.141. The van der Waals surface area contributed by atoms with Crippen LogP contribution >= 0.6 is 11.6 Å². The summed E-state index contributed by atoms with van der Waals surface area (Å²) in [5.41, 5.74) is 1.69. The minimum Gasteiger partial charge on any atom is -0.481 e. The summed E-state index contributed by atoms with van der Waals surface area (Å²) in [6, 6.07) is 10.9. The van der Waals surface area contributed by atoms with Gasteiger partial charge >= 0.3 is 5.97 Å². The van der Waals surface area contributed by atoms with E-state index < -0.39 is 11.9 Å². The molecule has 1 heterocycles. The first-order valence-corrected chi connectivity index (χ1v) is 6.93. The topological polar surface area (TPSA) is 59.4 Å². The molecule has 0 spiro atoms. The molecule has 0 saturated heterocycles. The van der Waals surface area contributed by atoms with Crippen molar-refractivity contribution in [2.24, 2.45) is 5.92 Å². The van der Waals surface area contributed by atoms with Gasteiger partial charge in [0.15, 0.2) is 0 Å². The highest BCUT2D eigenvalue weighted by Gasteiger charge is 2.20. The van der Waals surface area contributed by atoms with Crippen LogP contribution in [0, 0.1) is 5.92 Å². The number of pyridine rings is 1. The van der Waals surface area contributed by atoms with Crippen LogP contribution in [0.5, 0.6) is 5.88 Å². The zero-order valence-electron chi connectivity index (χ0n) is 11.6. The molecule has 5 heteroatoms. The molecule has 1 atom stereocenters. The van der Waals surface area contributed by atoms with Crippen LogP contribution in [0.1, 0.15) is 11.1 Å². The van der Waals surface area contributed by atoms with E-state index in [0.717, 1.165) is 11.1 Å². The Morgan fingerprint density at radius 3 is 2.81 bits per heavy atom. The van der Waals surface area contributed by atoms with Crippen molar-refractivity contribution in [3.8, 4) is 5.88 Å². The van der Waals surface area contributed by atoms with Crippen molar-refractivity contribution in [3.05, 3.63) is 58.7 Å². The van der Waals surface area contributed by atoms with Gasteiger partial charge in [0.1, 0.15) is 0 Å². The maximum atomic E-state index is 11.5. The summed E-state index contributed by atoms with van der Waals surface area (Å²) in [5, 5.41) is 10.0. The molecular formula is C16H16ClNO3. The number of carboxylic acids is 1. The first-order valence-electron chi connectivity index (χ1n) is 6.55. The quantitative estimate of drug-likeness (QED) is 0.890. The van der Waals surface area contributed by atoms with E-state index in [0.29, 0.717) is 23.7 Å². The molecule has 1 aromatic carbocycles. The molecule has 0 aliphatic carbocycles. The molecule has 0 radical (unpaired) electrons. The number of carbonyl (C=O) groups is 1. The molecule has 0 saturated carbocycles. The molecule has 1 unspecified atom stereocenters. The summed E-state index contributed by atoms with van der Waals surface area (Å²) in [6.07, 6.45) is 2.39. The summed E-state index contributed by atoms with van der Waals surface area (Å²) < 4.78 is 5.17. The molecule has 1 aromatic heterocycles. The van der Waals surface area contributed by atoms with Crippen LogP contribution in [-0.4, -0.2) is 23.2 Å². The average Bonchev–Trinajstić information content (AvgIpc) is 2.47. The number of hydrogen-bond acceptors (Lipinski definition) is 3. The SMILES string of the molecule is COc1ncccc1CC(Cc1cccc(Cl)c1)C(=O)O. The number of rotatable bonds is 6. The Morgan fingerprint density at radius 1 is 1.33 bits per heavy atom. The smallest absolute Gasteiger partial charge is 0.307 e. The number of halogens is 1. The van der Waals surface area contributed by atoms with E-state index in [2.05, 4.69) is 4.98 Å². The van der Waals surface area contributed by atoms with Gasteiger partial charge in [-0.3, -0.25) is 4.79 Å². The molecule has 0 aliphatic heterocycles. The summed E-state index contributed by atoms with van der Waals surface area (Å²) in [7, 11) is 1.53. The van der Waals surface area contributed by atoms with E-state index in [1.807, 2.05) is 18.2 Å². The van der Waals surface area contributed by atoms with Crippen LogP contribution in [0.15, 0.2) is 42.6 Å². The van der Waals surface area contributed by atoms with Crippen molar-refractivity contribution in [2.75, 3.05) is 7.11 Å². The van der Waals surface area contributed by atoms with Gasteiger partial charge in [0.05, 0.1) is 13.0 Å². The summed E-state index contributed by atoms with van der Waals surface area (Å²) in [6.45, 7) is 0. The second-order valence-electron chi connectivity index (χ2n) is 4.75. The molecule has 1 N–H and O–H groups in total. The molecular weight excluding hydrogens is 290 g/mol. The highest BCUT2D eigenvalue weighted by atomic mass is 35.5. The largest absolute Gasteiger partial charge is 0.481 e. The lowest BCUT2D eigenvalue weighted by atomic mass is 9.93. The normalized spacial score (nSPS) is 11.9. The predicted molar refractivity (Wildman–Crippen MR) is 80.8 cm³/mol. The standard InChI is InChI=1S/C16H16ClNO3/c1-21-15-12(5-3-7-18-15)10-13(16(19)20)8-11-4-2-6-14(17)9-11/h2-7,9,13H,8,10H2,1H3,(H,19,20). The summed E-state index contributed by atoms with van der Waals surface area (Å²) in [5.74, 6) is -0.933. The lowest BCUT2D eigenvalue weighted by Gasteiger charge is -2.14. The first-order chi connectivity index (χ1) is 10.1. The van der Waals surface area contributed by atoms with E-state index in [9.17, 15) is 9.90 Å². The van der Waals surface area contributed by atoms with Crippen molar-refractivity contribution >= 4 is 17.6 Å². The summed E-state index contributed by atoms with van der Waals surface area (Å²) >= 11 is 5.94. The van der Waals surface area contributed by atoms with Crippen LogP contribution in [0.2, 0.25) is 5.02 Å². The van der Waals surface area contributed by atoms with E-state index in [-0.39, 0.29) is 0 Å². The monoisotopic (exact) mass is 305 g/mol. The summed E-state index contributed by atoms with van der Waals surface area (Å²) in [4.78, 5) is 15.6. The number of aliphatic carboxylic acids is 1. The second-order valence-corrected chi connectivity index (χ2v) is 5.18. The van der Waals surface area contributed by atoms with Gasteiger partial charge in [0.25, 0.3) is 0 Å². The van der Waals surface area contributed by atoms with E-state index in [4.69, 9.17) is 16.3 Å². The van der Waals surface area contributed by atoms with E-state index in [1.165, 1.54) is 7.11 Å². The minimum absolute atomic E-state index is 0.360. The molecule has 21 heavy (non-hydrogen) atoms. The van der Waals surface area contributed by atoms with Crippen molar-refractivity contribution < 1.29 is 14.6 Å². The minimum atomic E-state index is -0.846. The maximum absolute atomic E-state index is 11.5. The number of benzene rings is 1. The van der Waals surface area contributed by atoms with Gasteiger partial charge in [-0.05, 0) is 36.6 Å². The molecule has 2 aromatic rings.